The van der Waals surface area contributed by atoms with Gasteiger partial charge in [0.05, 0.1) is 6.67 Å². The summed E-state index contributed by atoms with van der Waals surface area (Å²) in [6.07, 6.45) is 5.05. The lowest BCUT2D eigenvalue weighted by atomic mass is 9.70. The minimum atomic E-state index is -0.413. The average Bonchev–Trinajstić information content (AvgIpc) is 2.30. The Bertz CT molecular complexity index is 329. The molecule has 1 aliphatic carbocycles. The Morgan fingerprint density at radius 1 is 1.13 bits per heavy atom. The predicted octanol–water partition coefficient (Wildman–Crippen LogP) is 3.56. The number of benzene rings is 1. The molecule has 0 atom stereocenters. The van der Waals surface area contributed by atoms with Crippen LogP contribution in [-0.2, 0) is 5.41 Å². The monoisotopic (exact) mass is 208 g/mol. The van der Waals surface area contributed by atoms with E-state index in [1.807, 2.05) is 12.1 Å². The molecule has 0 spiro atoms. The Morgan fingerprint density at radius 2 is 1.80 bits per heavy atom. The summed E-state index contributed by atoms with van der Waals surface area (Å²) < 4.78 is 13.3. The SMILES string of the molecule is Oc1ccccc1C1(CF)CCCCC1. The molecule has 1 fully saturated rings. The Morgan fingerprint density at radius 3 is 2.40 bits per heavy atom. The number of phenols is 1. The van der Waals surface area contributed by atoms with Crippen LogP contribution in [0.4, 0.5) is 4.39 Å². The number of hydrogen-bond acceptors (Lipinski definition) is 1. The fraction of sp³-hybridized carbons (Fsp3) is 0.538. The van der Waals surface area contributed by atoms with E-state index in [2.05, 4.69) is 0 Å². The van der Waals surface area contributed by atoms with Crippen molar-refractivity contribution < 1.29 is 9.50 Å². The van der Waals surface area contributed by atoms with Crippen LogP contribution in [0.5, 0.6) is 5.75 Å². The third kappa shape index (κ3) is 1.85. The maximum Gasteiger partial charge on any atom is 0.119 e. The Labute approximate surface area is 89.9 Å². The molecule has 0 aliphatic heterocycles. The molecule has 1 saturated carbocycles. The lowest BCUT2D eigenvalue weighted by Gasteiger charge is -2.35. The number of rotatable bonds is 2. The van der Waals surface area contributed by atoms with Crippen LogP contribution < -0.4 is 0 Å². The van der Waals surface area contributed by atoms with Crippen molar-refractivity contribution in [2.75, 3.05) is 6.67 Å². The van der Waals surface area contributed by atoms with Gasteiger partial charge in [-0.15, -0.1) is 0 Å². The molecule has 1 aromatic carbocycles. The first kappa shape index (κ1) is 10.5. The number of aromatic hydroxyl groups is 1. The van der Waals surface area contributed by atoms with Crippen LogP contribution in [0.25, 0.3) is 0 Å². The second-order valence-electron chi connectivity index (χ2n) is 4.49. The Kier molecular flexibility index (Phi) is 2.94. The first-order valence-corrected chi connectivity index (χ1v) is 5.63. The van der Waals surface area contributed by atoms with E-state index in [0.29, 0.717) is 0 Å². The fourth-order valence-corrected chi connectivity index (χ4v) is 2.63. The molecule has 1 aromatic rings. The molecular formula is C13H17FO. The van der Waals surface area contributed by atoms with E-state index in [1.165, 1.54) is 6.42 Å². The first-order valence-electron chi connectivity index (χ1n) is 5.63. The predicted molar refractivity (Wildman–Crippen MR) is 58.8 cm³/mol. The highest BCUT2D eigenvalue weighted by molar-refractivity contribution is 5.39. The van der Waals surface area contributed by atoms with E-state index in [0.717, 1.165) is 31.2 Å². The maximum absolute atomic E-state index is 13.3. The molecule has 0 heterocycles. The van der Waals surface area contributed by atoms with E-state index in [9.17, 15) is 9.50 Å². The topological polar surface area (TPSA) is 20.2 Å². The minimum Gasteiger partial charge on any atom is -0.508 e. The van der Waals surface area contributed by atoms with Gasteiger partial charge in [-0.25, -0.2) is 0 Å². The molecular weight excluding hydrogens is 191 g/mol. The lowest BCUT2D eigenvalue weighted by Crippen LogP contribution is -2.31. The van der Waals surface area contributed by atoms with E-state index >= 15 is 0 Å². The van der Waals surface area contributed by atoms with Gasteiger partial charge in [0.15, 0.2) is 0 Å². The van der Waals surface area contributed by atoms with Gasteiger partial charge in [0, 0.05) is 11.0 Å². The summed E-state index contributed by atoms with van der Waals surface area (Å²) in [5.41, 5.74) is 0.385. The molecule has 1 nitrogen and oxygen atoms in total. The number of alkyl halides is 1. The average molecular weight is 208 g/mol. The summed E-state index contributed by atoms with van der Waals surface area (Å²) in [7, 11) is 0. The Balaban J connectivity index is 2.36. The van der Waals surface area contributed by atoms with E-state index in [4.69, 9.17) is 0 Å². The number of phenolic OH excluding ortho intramolecular Hbond substituents is 1. The molecule has 0 aromatic heterocycles. The molecule has 0 radical (unpaired) electrons. The second kappa shape index (κ2) is 4.21. The van der Waals surface area contributed by atoms with E-state index in [1.54, 1.807) is 12.1 Å². The smallest absolute Gasteiger partial charge is 0.119 e. The van der Waals surface area contributed by atoms with Gasteiger partial charge < -0.3 is 5.11 Å². The summed E-state index contributed by atoms with van der Waals surface area (Å²) >= 11 is 0. The van der Waals surface area contributed by atoms with Gasteiger partial charge in [-0.2, -0.15) is 0 Å². The molecule has 82 valence electrons. The standard InChI is InChI=1S/C13H17FO/c14-10-13(8-4-1-5-9-13)11-6-2-3-7-12(11)15/h2-3,6-7,15H,1,4-5,8-10H2. The lowest BCUT2D eigenvalue weighted by molar-refractivity contribution is 0.221. The number of halogens is 1. The van der Waals surface area contributed by atoms with E-state index in [-0.39, 0.29) is 12.4 Å². The van der Waals surface area contributed by atoms with Gasteiger partial charge in [0.2, 0.25) is 0 Å². The minimum absolute atomic E-state index is 0.247. The van der Waals surface area contributed by atoms with Gasteiger partial charge >= 0.3 is 0 Å². The highest BCUT2D eigenvalue weighted by Gasteiger charge is 2.35. The quantitative estimate of drug-likeness (QED) is 0.787. The summed E-state index contributed by atoms with van der Waals surface area (Å²) in [6.45, 7) is -0.357. The van der Waals surface area contributed by atoms with Crippen molar-refractivity contribution in [2.24, 2.45) is 0 Å². The van der Waals surface area contributed by atoms with Crippen molar-refractivity contribution >= 4 is 0 Å². The van der Waals surface area contributed by atoms with Crippen LogP contribution in [0.2, 0.25) is 0 Å². The van der Waals surface area contributed by atoms with Crippen LogP contribution in [0.1, 0.15) is 37.7 Å². The van der Waals surface area contributed by atoms with Gasteiger partial charge in [0.25, 0.3) is 0 Å². The third-order valence-electron chi connectivity index (χ3n) is 3.54. The highest BCUT2D eigenvalue weighted by Crippen LogP contribution is 2.43. The van der Waals surface area contributed by atoms with Crippen molar-refractivity contribution in [1.29, 1.82) is 0 Å². The molecule has 0 unspecified atom stereocenters. The van der Waals surface area contributed by atoms with Crippen molar-refractivity contribution in [3.8, 4) is 5.75 Å². The highest BCUT2D eigenvalue weighted by atomic mass is 19.1. The van der Waals surface area contributed by atoms with Crippen molar-refractivity contribution in [3.05, 3.63) is 29.8 Å². The Hall–Kier alpha value is -1.05. The number of para-hydroxylation sites is 1. The summed E-state index contributed by atoms with van der Waals surface area (Å²) in [4.78, 5) is 0. The molecule has 2 heteroatoms. The zero-order valence-corrected chi connectivity index (χ0v) is 8.88. The molecule has 1 aliphatic rings. The summed E-state index contributed by atoms with van der Waals surface area (Å²) in [5, 5.41) is 9.79. The largest absolute Gasteiger partial charge is 0.508 e. The molecule has 0 saturated heterocycles. The number of hydrogen-bond donors (Lipinski definition) is 1. The van der Waals surface area contributed by atoms with Crippen molar-refractivity contribution in [1.82, 2.24) is 0 Å². The summed E-state index contributed by atoms with van der Waals surface area (Å²) in [6, 6.07) is 7.18. The van der Waals surface area contributed by atoms with Crippen molar-refractivity contribution in [3.63, 3.8) is 0 Å². The van der Waals surface area contributed by atoms with E-state index < -0.39 is 5.41 Å². The van der Waals surface area contributed by atoms with Gasteiger partial charge in [0.1, 0.15) is 5.75 Å². The fourth-order valence-electron chi connectivity index (χ4n) is 2.63. The molecule has 2 rings (SSSR count). The first-order chi connectivity index (χ1) is 7.28. The zero-order chi connectivity index (χ0) is 10.7. The molecule has 15 heavy (non-hydrogen) atoms. The molecule has 0 bridgehead atoms. The maximum atomic E-state index is 13.3. The van der Waals surface area contributed by atoms with Gasteiger partial charge in [-0.05, 0) is 18.9 Å². The van der Waals surface area contributed by atoms with Crippen molar-refractivity contribution in [2.45, 2.75) is 37.5 Å². The normalized spacial score (nSPS) is 20.1. The van der Waals surface area contributed by atoms with Gasteiger partial charge in [-0.1, -0.05) is 37.5 Å². The van der Waals surface area contributed by atoms with Gasteiger partial charge in [-0.3, -0.25) is 4.39 Å². The second-order valence-corrected chi connectivity index (χ2v) is 4.49. The van der Waals surface area contributed by atoms with Crippen LogP contribution in [0.15, 0.2) is 24.3 Å². The third-order valence-corrected chi connectivity index (χ3v) is 3.54. The molecule has 0 amide bonds. The van der Waals surface area contributed by atoms with Crippen LogP contribution in [0.3, 0.4) is 0 Å². The summed E-state index contributed by atoms with van der Waals surface area (Å²) in [5.74, 6) is 0.247. The zero-order valence-electron chi connectivity index (χ0n) is 8.88. The van der Waals surface area contributed by atoms with Crippen LogP contribution in [0, 0.1) is 0 Å². The van der Waals surface area contributed by atoms with Crippen LogP contribution in [-0.4, -0.2) is 11.8 Å². The van der Waals surface area contributed by atoms with Crippen LogP contribution >= 0.6 is 0 Å². The molecule has 1 N–H and O–H groups in total.